The molecule has 0 bridgehead atoms. The summed E-state index contributed by atoms with van der Waals surface area (Å²) in [6.45, 7) is 4.04. The van der Waals surface area contributed by atoms with Crippen molar-refractivity contribution >= 4 is 11.7 Å². The van der Waals surface area contributed by atoms with Crippen LogP contribution in [0.2, 0.25) is 0 Å². The third kappa shape index (κ3) is 3.62. The van der Waals surface area contributed by atoms with Crippen LogP contribution in [-0.2, 0) is 4.74 Å². The summed E-state index contributed by atoms with van der Waals surface area (Å²) >= 11 is 0. The molecule has 0 fully saturated rings. The Morgan fingerprint density at radius 3 is 2.88 bits per heavy atom. The molecule has 1 atom stereocenters. The summed E-state index contributed by atoms with van der Waals surface area (Å²) in [4.78, 5) is 15.4. The van der Waals surface area contributed by atoms with E-state index in [9.17, 15) is 4.79 Å². The van der Waals surface area contributed by atoms with E-state index in [0.29, 0.717) is 5.88 Å². The number of rotatable bonds is 5. The van der Waals surface area contributed by atoms with Crippen molar-refractivity contribution in [3.8, 4) is 5.88 Å². The molecule has 0 radical (unpaired) electrons. The Morgan fingerprint density at radius 2 is 2.29 bits per heavy atom. The van der Waals surface area contributed by atoms with Crippen LogP contribution in [0.1, 0.15) is 37.0 Å². The molecule has 1 unspecified atom stereocenters. The molecule has 1 aromatic heterocycles. The average Bonchev–Trinajstić information content (AvgIpc) is 2.31. The van der Waals surface area contributed by atoms with Gasteiger partial charge in [-0.25, -0.2) is 9.78 Å². The zero-order valence-corrected chi connectivity index (χ0v) is 10.4. The number of nitrogens with zero attached hydrogens (tertiary/aromatic N) is 1. The Morgan fingerprint density at radius 1 is 1.59 bits per heavy atom. The lowest BCUT2D eigenvalue weighted by Gasteiger charge is -2.13. The monoisotopic (exact) mass is 238 g/mol. The highest BCUT2D eigenvalue weighted by Crippen LogP contribution is 2.19. The first kappa shape index (κ1) is 13.3. The minimum Gasteiger partial charge on any atom is -0.475 e. The van der Waals surface area contributed by atoms with Crippen molar-refractivity contribution < 1.29 is 14.3 Å². The fraction of sp³-hybridized carbons (Fsp3) is 0.500. The molecule has 2 N–H and O–H groups in total. The highest BCUT2D eigenvalue weighted by atomic mass is 16.5. The third-order valence-electron chi connectivity index (χ3n) is 2.33. The second-order valence-electron chi connectivity index (χ2n) is 3.82. The molecule has 0 aliphatic carbocycles. The lowest BCUT2D eigenvalue weighted by Crippen LogP contribution is -2.13. The first-order chi connectivity index (χ1) is 8.08. The van der Waals surface area contributed by atoms with Gasteiger partial charge in [-0.3, -0.25) is 0 Å². The van der Waals surface area contributed by atoms with Gasteiger partial charge in [0.05, 0.1) is 30.7 Å². The molecule has 94 valence electrons. The first-order valence-electron chi connectivity index (χ1n) is 5.59. The lowest BCUT2D eigenvalue weighted by atomic mass is 10.2. The van der Waals surface area contributed by atoms with Crippen LogP contribution in [0.4, 0.5) is 5.69 Å². The van der Waals surface area contributed by atoms with E-state index in [1.807, 2.05) is 6.92 Å². The van der Waals surface area contributed by atoms with Crippen LogP contribution < -0.4 is 10.5 Å². The minimum atomic E-state index is -0.488. The smallest absolute Gasteiger partial charge is 0.340 e. The van der Waals surface area contributed by atoms with Gasteiger partial charge in [-0.15, -0.1) is 0 Å². The zero-order valence-electron chi connectivity index (χ0n) is 10.4. The van der Waals surface area contributed by atoms with Gasteiger partial charge in [0.1, 0.15) is 0 Å². The van der Waals surface area contributed by atoms with Crippen LogP contribution in [0.5, 0.6) is 5.88 Å². The van der Waals surface area contributed by atoms with Crippen LogP contribution in [-0.4, -0.2) is 24.2 Å². The zero-order chi connectivity index (χ0) is 12.8. The standard InChI is InChI=1S/C12H18N2O3/c1-4-5-8(2)17-11-6-9(12(15)16-3)10(13)7-14-11/h6-8H,4-5,13H2,1-3H3. The highest BCUT2D eigenvalue weighted by molar-refractivity contribution is 5.95. The van der Waals surface area contributed by atoms with Gasteiger partial charge in [0.15, 0.2) is 0 Å². The minimum absolute atomic E-state index is 0.0571. The van der Waals surface area contributed by atoms with E-state index in [1.54, 1.807) is 0 Å². The molecule has 1 rings (SSSR count). The summed E-state index contributed by atoms with van der Waals surface area (Å²) in [5, 5.41) is 0. The highest BCUT2D eigenvalue weighted by Gasteiger charge is 2.13. The summed E-state index contributed by atoms with van der Waals surface area (Å²) < 4.78 is 10.2. The molecule has 0 saturated heterocycles. The number of pyridine rings is 1. The third-order valence-corrected chi connectivity index (χ3v) is 2.33. The molecule has 0 aliphatic rings. The molecular formula is C12H18N2O3. The van der Waals surface area contributed by atoms with E-state index in [-0.39, 0.29) is 17.4 Å². The van der Waals surface area contributed by atoms with Crippen molar-refractivity contribution in [2.45, 2.75) is 32.8 Å². The number of nitrogens with two attached hydrogens (primary N) is 1. The van der Waals surface area contributed by atoms with Crippen molar-refractivity contribution in [1.29, 1.82) is 0 Å². The Balaban J connectivity index is 2.85. The van der Waals surface area contributed by atoms with E-state index >= 15 is 0 Å². The largest absolute Gasteiger partial charge is 0.475 e. The molecule has 0 aliphatic heterocycles. The maximum atomic E-state index is 11.4. The van der Waals surface area contributed by atoms with Gasteiger partial charge >= 0.3 is 5.97 Å². The number of carbonyl (C=O) groups is 1. The topological polar surface area (TPSA) is 74.4 Å². The second kappa shape index (κ2) is 6.08. The molecule has 5 heteroatoms. The summed E-state index contributed by atoms with van der Waals surface area (Å²) in [5.74, 6) is -0.0987. The van der Waals surface area contributed by atoms with Crippen LogP contribution >= 0.6 is 0 Å². The van der Waals surface area contributed by atoms with Crippen molar-refractivity contribution in [3.05, 3.63) is 17.8 Å². The molecule has 0 saturated carbocycles. The molecule has 0 aromatic carbocycles. The summed E-state index contributed by atoms with van der Waals surface area (Å²) in [5.41, 5.74) is 6.20. The van der Waals surface area contributed by atoms with Gasteiger partial charge in [-0.2, -0.15) is 0 Å². The molecule has 17 heavy (non-hydrogen) atoms. The second-order valence-corrected chi connectivity index (χ2v) is 3.82. The maximum absolute atomic E-state index is 11.4. The number of anilines is 1. The summed E-state index contributed by atoms with van der Waals surface area (Å²) in [6.07, 6.45) is 3.42. The molecule has 0 spiro atoms. The number of esters is 1. The first-order valence-corrected chi connectivity index (χ1v) is 5.59. The van der Waals surface area contributed by atoms with Gasteiger partial charge in [-0.05, 0) is 13.3 Å². The number of nitrogen functional groups attached to an aromatic ring is 1. The molecule has 1 aromatic rings. The number of hydrogen-bond acceptors (Lipinski definition) is 5. The van der Waals surface area contributed by atoms with Crippen LogP contribution in [0.15, 0.2) is 12.3 Å². The van der Waals surface area contributed by atoms with Crippen molar-refractivity contribution in [2.24, 2.45) is 0 Å². The number of ether oxygens (including phenoxy) is 2. The fourth-order valence-electron chi connectivity index (χ4n) is 1.47. The maximum Gasteiger partial charge on any atom is 0.340 e. The van der Waals surface area contributed by atoms with E-state index < -0.39 is 5.97 Å². The Bertz CT molecular complexity index is 393. The molecule has 0 amide bonds. The normalized spacial score (nSPS) is 11.9. The molecule has 1 heterocycles. The van der Waals surface area contributed by atoms with Crippen LogP contribution in [0, 0.1) is 0 Å². The Labute approximate surface area is 101 Å². The Hall–Kier alpha value is -1.78. The lowest BCUT2D eigenvalue weighted by molar-refractivity contribution is 0.0601. The fourth-order valence-corrected chi connectivity index (χ4v) is 1.47. The number of methoxy groups -OCH3 is 1. The number of aromatic nitrogens is 1. The van der Waals surface area contributed by atoms with Crippen molar-refractivity contribution in [3.63, 3.8) is 0 Å². The van der Waals surface area contributed by atoms with Crippen molar-refractivity contribution in [2.75, 3.05) is 12.8 Å². The van der Waals surface area contributed by atoms with Crippen LogP contribution in [0.3, 0.4) is 0 Å². The molecule has 5 nitrogen and oxygen atoms in total. The van der Waals surface area contributed by atoms with Gasteiger partial charge < -0.3 is 15.2 Å². The number of hydrogen-bond donors (Lipinski definition) is 1. The Kier molecular flexibility index (Phi) is 4.75. The average molecular weight is 238 g/mol. The van der Waals surface area contributed by atoms with Gasteiger partial charge in [0, 0.05) is 6.07 Å². The summed E-state index contributed by atoms with van der Waals surface area (Å²) in [6, 6.07) is 1.51. The SMILES string of the molecule is CCCC(C)Oc1cc(C(=O)OC)c(N)cn1. The quantitative estimate of drug-likeness (QED) is 0.794. The van der Waals surface area contributed by atoms with E-state index in [0.717, 1.165) is 12.8 Å². The van der Waals surface area contributed by atoms with Gasteiger partial charge in [0.2, 0.25) is 5.88 Å². The van der Waals surface area contributed by atoms with E-state index in [4.69, 9.17) is 10.5 Å². The van der Waals surface area contributed by atoms with Crippen LogP contribution in [0.25, 0.3) is 0 Å². The predicted molar refractivity (Wildman–Crippen MR) is 65.0 cm³/mol. The van der Waals surface area contributed by atoms with E-state index in [1.165, 1.54) is 19.4 Å². The predicted octanol–water partition coefficient (Wildman–Crippen LogP) is 2.02. The van der Waals surface area contributed by atoms with Crippen molar-refractivity contribution in [1.82, 2.24) is 4.98 Å². The molecular weight excluding hydrogens is 220 g/mol. The summed E-state index contributed by atoms with van der Waals surface area (Å²) in [7, 11) is 1.31. The van der Waals surface area contributed by atoms with E-state index in [2.05, 4.69) is 16.6 Å². The van der Waals surface area contributed by atoms with Gasteiger partial charge in [0.25, 0.3) is 0 Å². The number of carbonyl (C=O) groups excluding carboxylic acids is 1. The van der Waals surface area contributed by atoms with Gasteiger partial charge in [-0.1, -0.05) is 13.3 Å².